The van der Waals surface area contributed by atoms with Crippen LogP contribution in [0, 0.1) is 12.3 Å². The Labute approximate surface area is 72.3 Å². The van der Waals surface area contributed by atoms with E-state index in [0.717, 1.165) is 26.2 Å². The fraction of sp³-hybridized carbons (Fsp3) is 0.625. The lowest BCUT2D eigenvalue weighted by atomic mass is 10.5. The highest BCUT2D eigenvalue weighted by Crippen LogP contribution is 1.93. The molecule has 2 N–H and O–H groups in total. The van der Waals surface area contributed by atoms with Crippen molar-refractivity contribution < 1.29 is 4.79 Å². The molecule has 66 valence electrons. The second-order valence-corrected chi connectivity index (χ2v) is 2.60. The first-order chi connectivity index (χ1) is 5.84. The summed E-state index contributed by atoms with van der Waals surface area (Å²) in [6.45, 7) is 3.62. The topological polar surface area (TPSA) is 44.4 Å². The van der Waals surface area contributed by atoms with Crippen LogP contribution in [0.2, 0.25) is 0 Å². The molecule has 2 amide bonds. The van der Waals surface area contributed by atoms with Crippen LogP contribution in [0.4, 0.5) is 4.79 Å². The zero-order valence-corrected chi connectivity index (χ0v) is 6.97. The van der Waals surface area contributed by atoms with E-state index in [2.05, 4.69) is 16.6 Å². The molecule has 1 saturated heterocycles. The number of nitrogens with one attached hydrogen (secondary N) is 2. The van der Waals surface area contributed by atoms with Gasteiger partial charge in [0.1, 0.15) is 0 Å². The summed E-state index contributed by atoms with van der Waals surface area (Å²) in [6.07, 6.45) is 5.04. The maximum absolute atomic E-state index is 11.0. The number of hydrogen-bond donors (Lipinski definition) is 2. The first-order valence-electron chi connectivity index (χ1n) is 4.01. The van der Waals surface area contributed by atoms with Gasteiger partial charge in [-0.15, -0.1) is 6.42 Å². The van der Waals surface area contributed by atoms with Crippen LogP contribution in [-0.2, 0) is 0 Å². The summed E-state index contributed by atoms with van der Waals surface area (Å²) in [4.78, 5) is 12.8. The number of nitrogens with zero attached hydrogens (tertiary/aromatic N) is 1. The van der Waals surface area contributed by atoms with Crippen LogP contribution in [0.3, 0.4) is 0 Å². The second-order valence-electron chi connectivity index (χ2n) is 2.60. The number of urea groups is 1. The smallest absolute Gasteiger partial charge is 0.317 e. The second kappa shape index (κ2) is 4.62. The molecule has 0 unspecified atom stereocenters. The Kier molecular flexibility index (Phi) is 3.42. The summed E-state index contributed by atoms with van der Waals surface area (Å²) in [6, 6.07) is 0.0255. The van der Waals surface area contributed by atoms with E-state index in [4.69, 9.17) is 6.42 Å². The Morgan fingerprint density at radius 3 is 3.17 bits per heavy atom. The van der Waals surface area contributed by atoms with Gasteiger partial charge in [0.15, 0.2) is 0 Å². The highest BCUT2D eigenvalue weighted by molar-refractivity contribution is 5.76. The number of rotatable bonds is 4. The van der Waals surface area contributed by atoms with Gasteiger partial charge in [-0.2, -0.15) is 0 Å². The standard InChI is InChI=1S/C8H13N3O/c1-2-3-9-4-6-11-7-5-10-8(11)12/h1,9H,3-7H2,(H,10,12). The average molecular weight is 167 g/mol. The van der Waals surface area contributed by atoms with E-state index in [0.29, 0.717) is 6.54 Å². The van der Waals surface area contributed by atoms with Crippen LogP contribution in [-0.4, -0.2) is 43.7 Å². The molecule has 0 aromatic carbocycles. The van der Waals surface area contributed by atoms with Gasteiger partial charge in [-0.05, 0) is 0 Å². The van der Waals surface area contributed by atoms with Gasteiger partial charge in [0.25, 0.3) is 0 Å². The molecular formula is C8H13N3O. The molecule has 0 aromatic heterocycles. The summed E-state index contributed by atoms with van der Waals surface area (Å²) in [5.41, 5.74) is 0. The molecule has 12 heavy (non-hydrogen) atoms. The molecule has 0 spiro atoms. The van der Waals surface area contributed by atoms with Gasteiger partial charge in [0, 0.05) is 26.2 Å². The first kappa shape index (κ1) is 8.88. The van der Waals surface area contributed by atoms with Crippen molar-refractivity contribution in [3.05, 3.63) is 0 Å². The minimum absolute atomic E-state index is 0.0255. The third kappa shape index (κ3) is 2.44. The van der Waals surface area contributed by atoms with Gasteiger partial charge in [-0.3, -0.25) is 0 Å². The molecule has 4 heteroatoms. The fourth-order valence-corrected chi connectivity index (χ4v) is 1.10. The molecule has 1 aliphatic heterocycles. The van der Waals surface area contributed by atoms with Crippen molar-refractivity contribution in [1.29, 1.82) is 0 Å². The molecule has 1 heterocycles. The van der Waals surface area contributed by atoms with Crippen molar-refractivity contribution in [2.24, 2.45) is 0 Å². The number of hydrogen-bond acceptors (Lipinski definition) is 2. The number of amides is 2. The Bertz CT molecular complexity index is 197. The van der Waals surface area contributed by atoms with Crippen LogP contribution in [0.1, 0.15) is 0 Å². The molecule has 1 fully saturated rings. The van der Waals surface area contributed by atoms with E-state index in [-0.39, 0.29) is 6.03 Å². The fourth-order valence-electron chi connectivity index (χ4n) is 1.10. The summed E-state index contributed by atoms with van der Waals surface area (Å²) in [5, 5.41) is 5.75. The lowest BCUT2D eigenvalue weighted by molar-refractivity contribution is 0.217. The Balaban J connectivity index is 2.07. The molecule has 4 nitrogen and oxygen atoms in total. The SMILES string of the molecule is C#CCNCCN1CCNC1=O. The molecule has 0 saturated carbocycles. The van der Waals surface area contributed by atoms with E-state index in [1.54, 1.807) is 4.90 Å². The largest absolute Gasteiger partial charge is 0.336 e. The van der Waals surface area contributed by atoms with Crippen molar-refractivity contribution in [1.82, 2.24) is 15.5 Å². The average Bonchev–Trinajstić information content (AvgIpc) is 2.46. The third-order valence-corrected chi connectivity index (χ3v) is 1.73. The molecule has 1 rings (SSSR count). The van der Waals surface area contributed by atoms with Crippen LogP contribution < -0.4 is 10.6 Å². The zero-order chi connectivity index (χ0) is 8.81. The van der Waals surface area contributed by atoms with Gasteiger partial charge in [0.2, 0.25) is 0 Å². The highest BCUT2D eigenvalue weighted by Gasteiger charge is 2.17. The van der Waals surface area contributed by atoms with Gasteiger partial charge in [-0.25, -0.2) is 4.79 Å². The molecule has 0 aromatic rings. The van der Waals surface area contributed by atoms with Gasteiger partial charge >= 0.3 is 6.03 Å². The number of carbonyl (C=O) groups is 1. The van der Waals surface area contributed by atoms with Crippen molar-refractivity contribution in [2.45, 2.75) is 0 Å². The van der Waals surface area contributed by atoms with Crippen LogP contribution >= 0.6 is 0 Å². The normalized spacial score (nSPS) is 15.9. The minimum atomic E-state index is 0.0255. The predicted octanol–water partition coefficient (Wildman–Crippen LogP) is -0.766. The molecule has 0 atom stereocenters. The van der Waals surface area contributed by atoms with E-state index < -0.39 is 0 Å². The van der Waals surface area contributed by atoms with Crippen LogP contribution in [0.15, 0.2) is 0 Å². The Morgan fingerprint density at radius 1 is 1.75 bits per heavy atom. The Hall–Kier alpha value is -1.21. The summed E-state index contributed by atoms with van der Waals surface area (Å²) in [5.74, 6) is 2.47. The van der Waals surface area contributed by atoms with Crippen molar-refractivity contribution in [2.75, 3.05) is 32.7 Å². The van der Waals surface area contributed by atoms with E-state index in [9.17, 15) is 4.79 Å². The molecular weight excluding hydrogens is 154 g/mol. The lowest BCUT2D eigenvalue weighted by Gasteiger charge is -2.13. The van der Waals surface area contributed by atoms with E-state index in [1.165, 1.54) is 0 Å². The number of terminal acetylenes is 1. The zero-order valence-electron chi connectivity index (χ0n) is 6.97. The highest BCUT2D eigenvalue weighted by atomic mass is 16.2. The maximum atomic E-state index is 11.0. The van der Waals surface area contributed by atoms with Crippen molar-refractivity contribution in [3.63, 3.8) is 0 Å². The molecule has 0 aliphatic carbocycles. The van der Waals surface area contributed by atoms with Gasteiger partial charge in [-0.1, -0.05) is 5.92 Å². The molecule has 0 radical (unpaired) electrons. The third-order valence-electron chi connectivity index (χ3n) is 1.73. The number of carbonyl (C=O) groups excluding carboxylic acids is 1. The predicted molar refractivity (Wildman–Crippen MR) is 46.7 cm³/mol. The first-order valence-corrected chi connectivity index (χ1v) is 4.01. The van der Waals surface area contributed by atoms with Crippen LogP contribution in [0.25, 0.3) is 0 Å². The van der Waals surface area contributed by atoms with E-state index >= 15 is 0 Å². The maximum Gasteiger partial charge on any atom is 0.317 e. The minimum Gasteiger partial charge on any atom is -0.336 e. The Morgan fingerprint density at radius 2 is 2.58 bits per heavy atom. The van der Waals surface area contributed by atoms with Crippen molar-refractivity contribution >= 4 is 6.03 Å². The quantitative estimate of drug-likeness (QED) is 0.427. The monoisotopic (exact) mass is 167 g/mol. The molecule has 0 bridgehead atoms. The summed E-state index contributed by atoms with van der Waals surface area (Å²) < 4.78 is 0. The van der Waals surface area contributed by atoms with E-state index in [1.807, 2.05) is 0 Å². The summed E-state index contributed by atoms with van der Waals surface area (Å²) in [7, 11) is 0. The summed E-state index contributed by atoms with van der Waals surface area (Å²) >= 11 is 0. The van der Waals surface area contributed by atoms with Crippen LogP contribution in [0.5, 0.6) is 0 Å². The van der Waals surface area contributed by atoms with Gasteiger partial charge < -0.3 is 15.5 Å². The van der Waals surface area contributed by atoms with Gasteiger partial charge in [0.05, 0.1) is 6.54 Å². The molecule has 1 aliphatic rings. The van der Waals surface area contributed by atoms with Crippen molar-refractivity contribution in [3.8, 4) is 12.3 Å². The lowest BCUT2D eigenvalue weighted by Crippen LogP contribution is -2.34.